The first-order valence-electron chi connectivity index (χ1n) is 10.2. The standard InChI is InChI=1S/C23H26N4O3/c1-29-18-7-9-21(30-2)17(12-18)14-24-23(28)16-6-8-20-19(13-16)22(26-15-25-20)27-10-4-3-5-11-27/h6-9,12-13,15H,3-5,10-11,14H2,1-2H3,(H,24,28). The van der Waals surface area contributed by atoms with Crippen LogP contribution < -0.4 is 19.7 Å². The SMILES string of the molecule is COc1ccc(OC)c(CNC(=O)c2ccc3ncnc(N4CCCCC4)c3c2)c1. The minimum atomic E-state index is -0.157. The van der Waals surface area contributed by atoms with E-state index < -0.39 is 0 Å². The Hall–Kier alpha value is -3.35. The molecule has 1 N–H and O–H groups in total. The predicted molar refractivity (Wildman–Crippen MR) is 116 cm³/mol. The molecule has 1 amide bonds. The number of rotatable bonds is 6. The van der Waals surface area contributed by atoms with Crippen LogP contribution in [0.2, 0.25) is 0 Å². The second-order valence-corrected chi connectivity index (χ2v) is 7.34. The van der Waals surface area contributed by atoms with Crippen LogP contribution in [0.1, 0.15) is 35.2 Å². The molecule has 7 nitrogen and oxygen atoms in total. The highest BCUT2D eigenvalue weighted by atomic mass is 16.5. The fourth-order valence-electron chi connectivity index (χ4n) is 3.84. The smallest absolute Gasteiger partial charge is 0.251 e. The maximum Gasteiger partial charge on any atom is 0.251 e. The Labute approximate surface area is 176 Å². The summed E-state index contributed by atoms with van der Waals surface area (Å²) >= 11 is 0. The highest BCUT2D eigenvalue weighted by Gasteiger charge is 2.17. The van der Waals surface area contributed by atoms with Crippen molar-refractivity contribution in [2.75, 3.05) is 32.2 Å². The number of piperidine rings is 1. The van der Waals surface area contributed by atoms with Gasteiger partial charge in [-0.05, 0) is 55.7 Å². The van der Waals surface area contributed by atoms with Crippen molar-refractivity contribution in [1.82, 2.24) is 15.3 Å². The van der Waals surface area contributed by atoms with Crippen molar-refractivity contribution in [3.63, 3.8) is 0 Å². The molecule has 7 heteroatoms. The number of fused-ring (bicyclic) bond motifs is 1. The Morgan fingerprint density at radius 1 is 1.03 bits per heavy atom. The Kier molecular flexibility index (Phi) is 5.97. The summed E-state index contributed by atoms with van der Waals surface area (Å²) in [6, 6.07) is 11.1. The molecule has 2 heterocycles. The van der Waals surface area contributed by atoms with E-state index in [0.29, 0.717) is 23.6 Å². The molecule has 1 aliphatic rings. The van der Waals surface area contributed by atoms with Crippen LogP contribution in [0.25, 0.3) is 10.9 Å². The molecule has 1 saturated heterocycles. The molecule has 0 aliphatic carbocycles. The molecular weight excluding hydrogens is 380 g/mol. The summed E-state index contributed by atoms with van der Waals surface area (Å²) < 4.78 is 10.7. The minimum Gasteiger partial charge on any atom is -0.497 e. The molecule has 0 saturated carbocycles. The van der Waals surface area contributed by atoms with Crippen LogP contribution in [0.4, 0.5) is 5.82 Å². The maximum atomic E-state index is 12.9. The molecule has 2 aromatic carbocycles. The lowest BCUT2D eigenvalue weighted by Gasteiger charge is -2.28. The van der Waals surface area contributed by atoms with Gasteiger partial charge in [-0.1, -0.05) is 0 Å². The van der Waals surface area contributed by atoms with Gasteiger partial charge in [-0.15, -0.1) is 0 Å². The third-order valence-corrected chi connectivity index (χ3v) is 5.46. The van der Waals surface area contributed by atoms with Gasteiger partial charge in [0.2, 0.25) is 0 Å². The van der Waals surface area contributed by atoms with Gasteiger partial charge >= 0.3 is 0 Å². The number of amides is 1. The topological polar surface area (TPSA) is 76.6 Å². The zero-order valence-corrected chi connectivity index (χ0v) is 17.4. The van der Waals surface area contributed by atoms with Crippen molar-refractivity contribution in [2.45, 2.75) is 25.8 Å². The van der Waals surface area contributed by atoms with Gasteiger partial charge in [-0.25, -0.2) is 9.97 Å². The number of nitrogens with zero attached hydrogens (tertiary/aromatic N) is 3. The lowest BCUT2D eigenvalue weighted by Crippen LogP contribution is -2.30. The first kappa shape index (κ1) is 19.9. The number of benzene rings is 2. The van der Waals surface area contributed by atoms with Gasteiger partial charge in [0.25, 0.3) is 5.91 Å². The number of anilines is 1. The fraction of sp³-hybridized carbons (Fsp3) is 0.348. The number of methoxy groups -OCH3 is 2. The number of carbonyl (C=O) groups is 1. The van der Waals surface area contributed by atoms with Crippen LogP contribution in [-0.4, -0.2) is 43.2 Å². The molecular formula is C23H26N4O3. The quantitative estimate of drug-likeness (QED) is 0.674. The summed E-state index contributed by atoms with van der Waals surface area (Å²) in [7, 11) is 3.22. The van der Waals surface area contributed by atoms with E-state index in [9.17, 15) is 4.79 Å². The van der Waals surface area contributed by atoms with Gasteiger partial charge < -0.3 is 19.7 Å². The van der Waals surface area contributed by atoms with E-state index in [2.05, 4.69) is 20.2 Å². The normalized spacial score (nSPS) is 13.9. The zero-order valence-electron chi connectivity index (χ0n) is 17.4. The lowest BCUT2D eigenvalue weighted by atomic mass is 10.1. The zero-order chi connectivity index (χ0) is 20.9. The van der Waals surface area contributed by atoms with Crippen LogP contribution in [-0.2, 0) is 6.54 Å². The van der Waals surface area contributed by atoms with Crippen molar-refractivity contribution >= 4 is 22.6 Å². The van der Waals surface area contributed by atoms with Gasteiger partial charge in [-0.2, -0.15) is 0 Å². The van der Waals surface area contributed by atoms with Crippen LogP contribution in [0, 0.1) is 0 Å². The largest absolute Gasteiger partial charge is 0.497 e. The number of hydrogen-bond donors (Lipinski definition) is 1. The number of hydrogen-bond acceptors (Lipinski definition) is 6. The second kappa shape index (κ2) is 8.98. The van der Waals surface area contributed by atoms with E-state index in [1.165, 1.54) is 6.42 Å². The van der Waals surface area contributed by atoms with Crippen LogP contribution in [0.15, 0.2) is 42.7 Å². The van der Waals surface area contributed by atoms with Crippen molar-refractivity contribution in [3.05, 3.63) is 53.9 Å². The highest BCUT2D eigenvalue weighted by molar-refractivity contribution is 6.00. The van der Waals surface area contributed by atoms with E-state index in [4.69, 9.17) is 9.47 Å². The number of aromatic nitrogens is 2. The first-order valence-corrected chi connectivity index (χ1v) is 10.2. The second-order valence-electron chi connectivity index (χ2n) is 7.34. The molecule has 0 unspecified atom stereocenters. The van der Waals surface area contributed by atoms with Crippen molar-refractivity contribution < 1.29 is 14.3 Å². The first-order chi connectivity index (χ1) is 14.7. The summed E-state index contributed by atoms with van der Waals surface area (Å²) in [5, 5.41) is 3.88. The average Bonchev–Trinajstić information content (AvgIpc) is 2.82. The number of nitrogens with one attached hydrogen (secondary N) is 1. The average molecular weight is 406 g/mol. The Bertz CT molecular complexity index is 1050. The molecule has 1 aliphatic heterocycles. The van der Waals surface area contributed by atoms with E-state index >= 15 is 0 Å². The lowest BCUT2D eigenvalue weighted by molar-refractivity contribution is 0.0951. The van der Waals surface area contributed by atoms with Crippen molar-refractivity contribution in [1.29, 1.82) is 0 Å². The van der Waals surface area contributed by atoms with E-state index in [0.717, 1.165) is 48.2 Å². The third kappa shape index (κ3) is 4.15. The molecule has 0 atom stereocenters. The molecule has 1 aromatic heterocycles. The minimum absolute atomic E-state index is 0.157. The number of carbonyl (C=O) groups excluding carboxylic acids is 1. The van der Waals surface area contributed by atoms with Gasteiger partial charge in [0.05, 0.1) is 19.7 Å². The van der Waals surface area contributed by atoms with Gasteiger partial charge in [-0.3, -0.25) is 4.79 Å². The van der Waals surface area contributed by atoms with Gasteiger partial charge in [0.15, 0.2) is 0 Å². The monoisotopic (exact) mass is 406 g/mol. The molecule has 4 rings (SSSR count). The Balaban J connectivity index is 1.56. The summed E-state index contributed by atoms with van der Waals surface area (Å²) in [6.07, 6.45) is 5.17. The van der Waals surface area contributed by atoms with Crippen LogP contribution in [0.5, 0.6) is 11.5 Å². The van der Waals surface area contributed by atoms with E-state index in [1.54, 1.807) is 26.6 Å². The molecule has 30 heavy (non-hydrogen) atoms. The highest BCUT2D eigenvalue weighted by Crippen LogP contribution is 2.27. The summed E-state index contributed by atoms with van der Waals surface area (Å²) in [5.41, 5.74) is 2.28. The maximum absolute atomic E-state index is 12.9. The van der Waals surface area contributed by atoms with Crippen LogP contribution in [0.3, 0.4) is 0 Å². The molecule has 3 aromatic rings. The molecule has 0 bridgehead atoms. The van der Waals surface area contributed by atoms with Gasteiger partial charge in [0, 0.05) is 36.1 Å². The van der Waals surface area contributed by atoms with Crippen molar-refractivity contribution in [2.24, 2.45) is 0 Å². The molecule has 156 valence electrons. The Morgan fingerprint density at radius 2 is 1.87 bits per heavy atom. The molecule has 0 spiro atoms. The van der Waals surface area contributed by atoms with Crippen LogP contribution >= 0.6 is 0 Å². The third-order valence-electron chi connectivity index (χ3n) is 5.46. The van der Waals surface area contributed by atoms with Gasteiger partial charge in [0.1, 0.15) is 23.6 Å². The fourth-order valence-corrected chi connectivity index (χ4v) is 3.84. The summed E-state index contributed by atoms with van der Waals surface area (Å²) in [6.45, 7) is 2.30. The van der Waals surface area contributed by atoms with E-state index in [-0.39, 0.29) is 5.91 Å². The van der Waals surface area contributed by atoms with E-state index in [1.807, 2.05) is 30.3 Å². The predicted octanol–water partition coefficient (Wildman–Crippen LogP) is 3.57. The summed E-state index contributed by atoms with van der Waals surface area (Å²) in [5.74, 6) is 2.17. The molecule has 1 fully saturated rings. The molecule has 0 radical (unpaired) electrons. The number of ether oxygens (including phenoxy) is 2. The Morgan fingerprint density at radius 3 is 2.63 bits per heavy atom. The van der Waals surface area contributed by atoms with Crippen molar-refractivity contribution in [3.8, 4) is 11.5 Å². The summed E-state index contributed by atoms with van der Waals surface area (Å²) in [4.78, 5) is 24.0.